The minimum atomic E-state index is -3.86. The molecule has 0 fully saturated rings. The monoisotopic (exact) mass is 396 g/mol. The number of nitrogens with zero attached hydrogens (tertiary/aromatic N) is 1. The van der Waals surface area contributed by atoms with Crippen LogP contribution in [0.1, 0.15) is 12.5 Å². The van der Waals surface area contributed by atoms with Crippen LogP contribution in [-0.4, -0.2) is 38.8 Å². The maximum Gasteiger partial charge on any atom is 0.243 e. The molecule has 0 aliphatic rings. The molecule has 0 bridgehead atoms. The van der Waals surface area contributed by atoms with Crippen LogP contribution in [0.5, 0.6) is 5.75 Å². The van der Waals surface area contributed by atoms with Crippen molar-refractivity contribution >= 4 is 33.2 Å². The summed E-state index contributed by atoms with van der Waals surface area (Å²) in [7, 11) is -2.42. The summed E-state index contributed by atoms with van der Waals surface area (Å²) in [5.74, 6) is -0.0321. The van der Waals surface area contributed by atoms with Crippen molar-refractivity contribution in [2.45, 2.75) is 18.7 Å². The average Bonchev–Trinajstić information content (AvgIpc) is 2.61. The minimum absolute atomic E-state index is 0.00819. The molecule has 0 saturated heterocycles. The maximum atomic E-state index is 12.8. The number of carbonyl (C=O) groups is 1. The summed E-state index contributed by atoms with van der Waals surface area (Å²) in [5.41, 5.74) is 1.55. The number of halogens is 1. The van der Waals surface area contributed by atoms with E-state index in [1.165, 1.54) is 25.3 Å². The molecule has 0 saturated carbocycles. The number of nitrogens with one attached hydrogen (secondary N) is 1. The van der Waals surface area contributed by atoms with E-state index in [1.54, 1.807) is 19.1 Å². The molecule has 8 heteroatoms. The number of methoxy groups -OCH3 is 1. The van der Waals surface area contributed by atoms with Gasteiger partial charge in [-0.2, -0.15) is 4.31 Å². The number of ether oxygens (including phenoxy) is 1. The number of aryl methyl sites for hydroxylation is 1. The lowest BCUT2D eigenvalue weighted by atomic mass is 10.2. The Bertz CT molecular complexity index is 900. The van der Waals surface area contributed by atoms with Gasteiger partial charge in [0, 0.05) is 12.2 Å². The van der Waals surface area contributed by atoms with Gasteiger partial charge >= 0.3 is 0 Å². The van der Waals surface area contributed by atoms with E-state index in [9.17, 15) is 13.2 Å². The van der Waals surface area contributed by atoms with Gasteiger partial charge in [-0.15, -0.1) is 0 Å². The number of hydrogen-bond donors (Lipinski definition) is 1. The third-order valence-electron chi connectivity index (χ3n) is 3.85. The smallest absolute Gasteiger partial charge is 0.243 e. The van der Waals surface area contributed by atoms with Crippen LogP contribution in [-0.2, 0) is 14.8 Å². The van der Waals surface area contributed by atoms with Crippen molar-refractivity contribution in [2.75, 3.05) is 25.5 Å². The van der Waals surface area contributed by atoms with Gasteiger partial charge < -0.3 is 10.1 Å². The molecule has 0 radical (unpaired) electrons. The molecule has 0 spiro atoms. The van der Waals surface area contributed by atoms with E-state index in [4.69, 9.17) is 16.3 Å². The highest BCUT2D eigenvalue weighted by atomic mass is 35.5. The number of benzene rings is 2. The number of anilines is 1. The Hall–Kier alpha value is -2.09. The summed E-state index contributed by atoms with van der Waals surface area (Å²) in [5, 5.41) is 2.93. The fraction of sp³-hybridized carbons (Fsp3) is 0.278. The zero-order chi connectivity index (χ0) is 19.3. The quantitative estimate of drug-likeness (QED) is 0.779. The predicted octanol–water partition coefficient (Wildman–Crippen LogP) is 3.31. The van der Waals surface area contributed by atoms with E-state index >= 15 is 0 Å². The number of carbonyl (C=O) groups excluding carboxylic acids is 1. The summed E-state index contributed by atoms with van der Waals surface area (Å²) < 4.78 is 31.8. The molecule has 0 aliphatic heterocycles. The van der Waals surface area contributed by atoms with Gasteiger partial charge in [0.05, 0.1) is 23.6 Å². The molecule has 2 aromatic rings. The first-order valence-corrected chi connectivity index (χ1v) is 9.80. The van der Waals surface area contributed by atoms with Gasteiger partial charge in [-0.3, -0.25) is 4.79 Å². The van der Waals surface area contributed by atoms with Crippen LogP contribution in [0, 0.1) is 6.92 Å². The third kappa shape index (κ3) is 4.55. The van der Waals surface area contributed by atoms with Crippen molar-refractivity contribution in [3.05, 3.63) is 53.1 Å². The van der Waals surface area contributed by atoms with Crippen LogP contribution >= 0.6 is 11.6 Å². The standard InChI is InChI=1S/C18H21ClN2O4S/c1-4-21(12-18(22)20-16-8-6-5-7-13(16)2)26(23,24)14-9-10-17(25-3)15(19)11-14/h5-11H,4,12H2,1-3H3,(H,20,22). The first-order chi connectivity index (χ1) is 12.3. The summed E-state index contributed by atoms with van der Waals surface area (Å²) in [6, 6.07) is 11.5. The maximum absolute atomic E-state index is 12.8. The fourth-order valence-corrected chi connectivity index (χ4v) is 4.14. The van der Waals surface area contributed by atoms with Crippen molar-refractivity contribution in [1.29, 1.82) is 0 Å². The molecule has 0 aromatic heterocycles. The molecular formula is C18H21ClN2O4S. The highest BCUT2D eigenvalue weighted by Crippen LogP contribution is 2.28. The predicted molar refractivity (Wildman–Crippen MR) is 102 cm³/mol. The normalized spacial score (nSPS) is 11.4. The second-order valence-electron chi connectivity index (χ2n) is 5.59. The molecule has 0 heterocycles. The molecule has 0 unspecified atom stereocenters. The first-order valence-electron chi connectivity index (χ1n) is 7.98. The van der Waals surface area contributed by atoms with Gasteiger partial charge in [0.1, 0.15) is 5.75 Å². The summed E-state index contributed by atoms with van der Waals surface area (Å²) in [6.45, 7) is 3.39. The zero-order valence-corrected chi connectivity index (χ0v) is 16.4. The van der Waals surface area contributed by atoms with Crippen molar-refractivity contribution in [1.82, 2.24) is 4.31 Å². The van der Waals surface area contributed by atoms with E-state index in [-0.39, 0.29) is 23.0 Å². The Kier molecular flexibility index (Phi) is 6.63. The Labute approximate surface area is 158 Å². The highest BCUT2D eigenvalue weighted by Gasteiger charge is 2.26. The molecule has 1 N–H and O–H groups in total. The lowest BCUT2D eigenvalue weighted by Gasteiger charge is -2.20. The number of sulfonamides is 1. The van der Waals surface area contributed by atoms with Gasteiger partial charge in [0.2, 0.25) is 15.9 Å². The summed E-state index contributed by atoms with van der Waals surface area (Å²) in [6.07, 6.45) is 0. The topological polar surface area (TPSA) is 75.7 Å². The van der Waals surface area contributed by atoms with Crippen molar-refractivity contribution in [3.63, 3.8) is 0 Å². The van der Waals surface area contributed by atoms with E-state index in [0.29, 0.717) is 11.4 Å². The van der Waals surface area contributed by atoms with Crippen LogP contribution in [0.4, 0.5) is 5.69 Å². The van der Waals surface area contributed by atoms with Gasteiger partial charge in [-0.1, -0.05) is 36.7 Å². The number of rotatable bonds is 7. The molecule has 2 aromatic carbocycles. The Morgan fingerprint density at radius 2 is 1.92 bits per heavy atom. The third-order valence-corrected chi connectivity index (χ3v) is 6.07. The van der Waals surface area contributed by atoms with Gasteiger partial charge in [0.25, 0.3) is 0 Å². The minimum Gasteiger partial charge on any atom is -0.495 e. The largest absolute Gasteiger partial charge is 0.495 e. The lowest BCUT2D eigenvalue weighted by molar-refractivity contribution is -0.116. The van der Waals surface area contributed by atoms with Crippen molar-refractivity contribution in [3.8, 4) is 5.75 Å². The second-order valence-corrected chi connectivity index (χ2v) is 7.94. The molecular weight excluding hydrogens is 376 g/mol. The molecule has 1 amide bonds. The summed E-state index contributed by atoms with van der Waals surface area (Å²) in [4.78, 5) is 12.3. The van der Waals surface area contributed by atoms with Crippen LogP contribution in [0.25, 0.3) is 0 Å². The Morgan fingerprint density at radius 3 is 2.50 bits per heavy atom. The molecule has 2 rings (SSSR count). The fourth-order valence-electron chi connectivity index (χ4n) is 2.39. The van der Waals surface area contributed by atoms with Crippen LogP contribution in [0.2, 0.25) is 5.02 Å². The molecule has 140 valence electrons. The Morgan fingerprint density at radius 1 is 1.23 bits per heavy atom. The number of likely N-dealkylation sites (N-methyl/N-ethyl adjacent to an activating group) is 1. The number of para-hydroxylation sites is 1. The second kappa shape index (κ2) is 8.53. The highest BCUT2D eigenvalue weighted by molar-refractivity contribution is 7.89. The van der Waals surface area contributed by atoms with Gasteiger partial charge in [0.15, 0.2) is 0 Å². The Balaban J connectivity index is 2.19. The zero-order valence-electron chi connectivity index (χ0n) is 14.8. The van der Waals surface area contributed by atoms with Crippen molar-refractivity contribution in [2.24, 2.45) is 0 Å². The first kappa shape index (κ1) is 20.2. The molecule has 0 aliphatic carbocycles. The van der Waals surface area contributed by atoms with Crippen LogP contribution in [0.3, 0.4) is 0 Å². The molecule has 6 nitrogen and oxygen atoms in total. The number of hydrogen-bond acceptors (Lipinski definition) is 4. The van der Waals surface area contributed by atoms with E-state index in [2.05, 4.69) is 5.32 Å². The van der Waals surface area contributed by atoms with Gasteiger partial charge in [-0.25, -0.2) is 8.42 Å². The summed E-state index contributed by atoms with van der Waals surface area (Å²) >= 11 is 6.03. The van der Waals surface area contributed by atoms with Crippen LogP contribution in [0.15, 0.2) is 47.4 Å². The lowest BCUT2D eigenvalue weighted by Crippen LogP contribution is -2.37. The molecule has 0 atom stereocenters. The van der Waals surface area contributed by atoms with E-state index in [0.717, 1.165) is 9.87 Å². The van der Waals surface area contributed by atoms with Crippen LogP contribution < -0.4 is 10.1 Å². The van der Waals surface area contributed by atoms with Crippen molar-refractivity contribution < 1.29 is 17.9 Å². The SMILES string of the molecule is CCN(CC(=O)Nc1ccccc1C)S(=O)(=O)c1ccc(OC)c(Cl)c1. The molecule has 26 heavy (non-hydrogen) atoms. The average molecular weight is 397 g/mol. The number of amides is 1. The van der Waals surface area contributed by atoms with E-state index in [1.807, 2.05) is 19.1 Å². The van der Waals surface area contributed by atoms with E-state index < -0.39 is 15.9 Å². The van der Waals surface area contributed by atoms with Gasteiger partial charge in [-0.05, 0) is 36.8 Å².